The third-order valence-electron chi connectivity index (χ3n) is 8.51. The molecule has 2 aromatic rings. The van der Waals surface area contributed by atoms with E-state index in [1.807, 2.05) is 36.4 Å². The van der Waals surface area contributed by atoms with E-state index in [-0.39, 0.29) is 17.0 Å². The zero-order valence-electron chi connectivity index (χ0n) is 23.6. The molecule has 8 heteroatoms. The molecule has 0 aliphatic heterocycles. The summed E-state index contributed by atoms with van der Waals surface area (Å²) < 4.78 is 26.5. The highest BCUT2D eigenvalue weighted by atomic mass is 32.2. The average molecular weight is 570 g/mol. The Morgan fingerprint density at radius 2 is 1.62 bits per heavy atom. The van der Waals surface area contributed by atoms with Gasteiger partial charge in [-0.25, -0.2) is 14.0 Å². The van der Waals surface area contributed by atoms with E-state index in [1.54, 1.807) is 26.8 Å². The monoisotopic (exact) mass is 569 g/mol. The van der Waals surface area contributed by atoms with E-state index in [9.17, 15) is 14.7 Å². The van der Waals surface area contributed by atoms with Crippen molar-refractivity contribution in [2.24, 2.45) is 17.8 Å². The number of hydrogen-bond acceptors (Lipinski definition) is 5. The minimum absolute atomic E-state index is 0.0440. The summed E-state index contributed by atoms with van der Waals surface area (Å²) in [5, 5.41) is 11.8. The van der Waals surface area contributed by atoms with E-state index in [0.29, 0.717) is 18.1 Å². The highest BCUT2D eigenvalue weighted by Gasteiger charge is 2.52. The molecule has 4 aliphatic carbocycles. The first kappa shape index (κ1) is 28.8. The fourth-order valence-electron chi connectivity index (χ4n) is 7.29. The van der Waals surface area contributed by atoms with Crippen LogP contribution >= 0.6 is 11.8 Å². The van der Waals surface area contributed by atoms with Crippen LogP contribution in [0.1, 0.15) is 76.0 Å². The van der Waals surface area contributed by atoms with Crippen molar-refractivity contribution in [3.63, 3.8) is 0 Å². The number of nitrogens with one attached hydrogen (secondary N) is 1. The summed E-state index contributed by atoms with van der Waals surface area (Å²) in [6.45, 7) is 5.47. The standard InChI is InChI=1S/C32H40FNO5S/c1-31(2,3)39-30(37)34-28(29(35)36)19-40-18-20-4-7-25(8-5-20)38-17-21-6-9-26(27(33)13-21)32-14-22-10-23(15-32)12-24(11-22)16-32/h4-9,13,22-24,28H,10-12,14-19H2,1-3H3,(H,34,37)(H,35,36). The number of alkyl carbamates (subject to hydrolysis) is 1. The van der Waals surface area contributed by atoms with Gasteiger partial charge in [-0.2, -0.15) is 11.8 Å². The lowest BCUT2D eigenvalue weighted by Gasteiger charge is -2.57. The second kappa shape index (κ2) is 11.6. The fraction of sp³-hybridized carbons (Fsp3) is 0.562. The molecular formula is C32H40FNO5S. The molecule has 4 fully saturated rings. The number of ether oxygens (including phenoxy) is 2. The van der Waals surface area contributed by atoms with E-state index >= 15 is 4.39 Å². The number of carbonyl (C=O) groups excluding carboxylic acids is 1. The van der Waals surface area contributed by atoms with Gasteiger partial charge in [0.1, 0.15) is 29.8 Å². The van der Waals surface area contributed by atoms with Crippen molar-refractivity contribution in [2.45, 2.75) is 88.7 Å². The molecule has 2 N–H and O–H groups in total. The molecule has 6 nitrogen and oxygen atoms in total. The second-order valence-corrected chi connectivity index (χ2v) is 14.0. The molecule has 40 heavy (non-hydrogen) atoms. The normalized spacial score (nSPS) is 25.9. The lowest BCUT2D eigenvalue weighted by atomic mass is 9.48. The van der Waals surface area contributed by atoms with Crippen molar-refractivity contribution in [1.82, 2.24) is 5.32 Å². The van der Waals surface area contributed by atoms with Crippen LogP contribution in [-0.2, 0) is 27.3 Å². The number of aliphatic carboxylic acids is 1. The fourth-order valence-corrected chi connectivity index (χ4v) is 8.29. The molecule has 1 amide bonds. The van der Waals surface area contributed by atoms with Crippen LogP contribution in [0.2, 0.25) is 0 Å². The predicted octanol–water partition coefficient (Wildman–Crippen LogP) is 7.08. The summed E-state index contributed by atoms with van der Waals surface area (Å²) in [6.07, 6.45) is 6.73. The van der Waals surface area contributed by atoms with Crippen molar-refractivity contribution >= 4 is 23.8 Å². The molecule has 4 bridgehead atoms. The molecule has 0 saturated heterocycles. The number of amides is 1. The van der Waals surface area contributed by atoms with Gasteiger partial charge in [-0.3, -0.25) is 0 Å². The van der Waals surface area contributed by atoms with E-state index in [2.05, 4.69) is 5.32 Å². The Kier molecular flexibility index (Phi) is 8.37. The number of halogens is 1. The molecule has 1 atom stereocenters. The van der Waals surface area contributed by atoms with Crippen molar-refractivity contribution < 1.29 is 28.6 Å². The van der Waals surface area contributed by atoms with Gasteiger partial charge < -0.3 is 19.9 Å². The van der Waals surface area contributed by atoms with Crippen LogP contribution in [0.15, 0.2) is 42.5 Å². The summed E-state index contributed by atoms with van der Waals surface area (Å²) in [6, 6.07) is 12.2. The molecule has 0 aromatic heterocycles. The van der Waals surface area contributed by atoms with Crippen LogP contribution in [0.3, 0.4) is 0 Å². The number of carboxylic acid groups (broad SMARTS) is 1. The topological polar surface area (TPSA) is 84.9 Å². The van der Waals surface area contributed by atoms with Crippen molar-refractivity contribution in [3.05, 3.63) is 65.0 Å². The maximum atomic E-state index is 15.4. The van der Waals surface area contributed by atoms with Gasteiger partial charge in [-0.15, -0.1) is 0 Å². The molecule has 0 spiro atoms. The van der Waals surface area contributed by atoms with Crippen LogP contribution < -0.4 is 10.1 Å². The summed E-state index contributed by atoms with van der Waals surface area (Å²) in [7, 11) is 0. The lowest BCUT2D eigenvalue weighted by Crippen LogP contribution is -2.48. The van der Waals surface area contributed by atoms with Gasteiger partial charge in [0, 0.05) is 11.5 Å². The highest BCUT2D eigenvalue weighted by molar-refractivity contribution is 7.98. The number of carboxylic acids is 1. The van der Waals surface area contributed by atoms with Crippen LogP contribution in [0.4, 0.5) is 9.18 Å². The first-order chi connectivity index (χ1) is 19.0. The molecule has 6 rings (SSSR count). The first-order valence-electron chi connectivity index (χ1n) is 14.3. The van der Waals surface area contributed by atoms with E-state index < -0.39 is 23.7 Å². The minimum Gasteiger partial charge on any atom is -0.489 e. The van der Waals surface area contributed by atoms with Gasteiger partial charge in [0.05, 0.1) is 0 Å². The molecule has 0 radical (unpaired) electrons. The molecule has 2 aromatic carbocycles. The number of carbonyl (C=O) groups is 2. The van der Waals surface area contributed by atoms with Crippen LogP contribution in [-0.4, -0.2) is 34.6 Å². The zero-order chi connectivity index (χ0) is 28.5. The Hall–Kier alpha value is -2.74. The molecule has 1 unspecified atom stereocenters. The maximum absolute atomic E-state index is 15.4. The van der Waals surface area contributed by atoms with E-state index in [0.717, 1.165) is 53.7 Å². The van der Waals surface area contributed by atoms with Gasteiger partial charge in [0.15, 0.2) is 0 Å². The van der Waals surface area contributed by atoms with Crippen molar-refractivity contribution in [1.29, 1.82) is 0 Å². The maximum Gasteiger partial charge on any atom is 0.408 e. The van der Waals surface area contributed by atoms with Crippen LogP contribution in [0.5, 0.6) is 5.75 Å². The van der Waals surface area contributed by atoms with Gasteiger partial charge >= 0.3 is 12.1 Å². The van der Waals surface area contributed by atoms with Gasteiger partial charge in [0.25, 0.3) is 0 Å². The Balaban J connectivity index is 1.10. The van der Waals surface area contributed by atoms with Crippen LogP contribution in [0.25, 0.3) is 0 Å². The number of benzene rings is 2. The molecule has 4 aliphatic rings. The number of rotatable bonds is 10. The summed E-state index contributed by atoms with van der Waals surface area (Å²) in [5.74, 6) is 2.62. The Morgan fingerprint density at radius 3 is 2.17 bits per heavy atom. The SMILES string of the molecule is CC(C)(C)OC(=O)NC(CSCc1ccc(OCc2ccc(C34CC5CC(CC(C5)C3)C4)c(F)c2)cc1)C(=O)O. The highest BCUT2D eigenvalue weighted by Crippen LogP contribution is 2.61. The average Bonchev–Trinajstić information content (AvgIpc) is 2.85. The van der Waals surface area contributed by atoms with Gasteiger partial charge in [-0.1, -0.05) is 24.3 Å². The third kappa shape index (κ3) is 6.93. The van der Waals surface area contributed by atoms with Crippen molar-refractivity contribution in [2.75, 3.05) is 5.75 Å². The smallest absolute Gasteiger partial charge is 0.408 e. The van der Waals surface area contributed by atoms with Gasteiger partial charge in [0.2, 0.25) is 0 Å². The molecule has 216 valence electrons. The molecule has 4 saturated carbocycles. The van der Waals surface area contributed by atoms with Gasteiger partial charge in [-0.05, 0) is 117 Å². The lowest BCUT2D eigenvalue weighted by molar-refractivity contribution is -0.138. The summed E-state index contributed by atoms with van der Waals surface area (Å²) >= 11 is 1.41. The zero-order valence-corrected chi connectivity index (χ0v) is 24.4. The first-order valence-corrected chi connectivity index (χ1v) is 15.4. The third-order valence-corrected chi connectivity index (χ3v) is 9.62. The summed E-state index contributed by atoms with van der Waals surface area (Å²) in [4.78, 5) is 23.5. The van der Waals surface area contributed by atoms with E-state index in [4.69, 9.17) is 9.47 Å². The number of thioether (sulfide) groups is 1. The van der Waals surface area contributed by atoms with Crippen molar-refractivity contribution in [3.8, 4) is 5.75 Å². The van der Waals surface area contributed by atoms with Crippen LogP contribution in [0, 0.1) is 23.6 Å². The predicted molar refractivity (Wildman–Crippen MR) is 154 cm³/mol. The number of hydrogen-bond donors (Lipinski definition) is 2. The second-order valence-electron chi connectivity index (χ2n) is 13.0. The Morgan fingerprint density at radius 1 is 1.02 bits per heavy atom. The Bertz CT molecular complexity index is 1190. The largest absolute Gasteiger partial charge is 0.489 e. The minimum atomic E-state index is -1.11. The molecular weight excluding hydrogens is 529 g/mol. The summed E-state index contributed by atoms with van der Waals surface area (Å²) in [5.41, 5.74) is 2.09. The quantitative estimate of drug-likeness (QED) is 0.318. The Labute approximate surface area is 240 Å². The molecule has 0 heterocycles. The van der Waals surface area contributed by atoms with E-state index in [1.165, 1.54) is 31.0 Å².